The fourth-order valence-electron chi connectivity index (χ4n) is 2.80. The van der Waals surface area contributed by atoms with Gasteiger partial charge in [-0.05, 0) is 118 Å². The average molecular weight is 667 g/mol. The van der Waals surface area contributed by atoms with Gasteiger partial charge in [0.15, 0.2) is 5.75 Å². The van der Waals surface area contributed by atoms with E-state index in [2.05, 4.69) is 49.9 Å². The average Bonchev–Trinajstić information content (AvgIpc) is 2.72. The number of rotatable bonds is 8. The lowest BCUT2D eigenvalue weighted by Crippen LogP contribution is -2.39. The van der Waals surface area contributed by atoms with Crippen LogP contribution < -0.4 is 9.46 Å². The summed E-state index contributed by atoms with van der Waals surface area (Å²) < 4.78 is 35.2. The second-order valence-electron chi connectivity index (χ2n) is 6.68. The molecule has 7 nitrogen and oxygen atoms in total. The molecule has 0 aliphatic rings. The standard InChI is InChI=1S/C21H19I2NO6S/c22-19-10-13(11-20(23)21(19)30-17-5-1-15(26)2-6-17)9-14(12-25)24-31(28,29)18-7-3-16(27)4-8-18/h1-8,10-11,14,24-27H,9,12H2/t14-/m0/s1. The number of phenolic OH excluding ortho intramolecular Hbond substituents is 2. The molecule has 0 fully saturated rings. The number of aliphatic hydroxyl groups is 1. The van der Waals surface area contributed by atoms with Gasteiger partial charge in [-0.1, -0.05) is 0 Å². The van der Waals surface area contributed by atoms with Gasteiger partial charge in [0.25, 0.3) is 0 Å². The van der Waals surface area contributed by atoms with Crippen molar-refractivity contribution < 1.29 is 28.5 Å². The van der Waals surface area contributed by atoms with Crippen LogP contribution in [0.2, 0.25) is 0 Å². The lowest BCUT2D eigenvalue weighted by molar-refractivity contribution is 0.256. The highest BCUT2D eigenvalue weighted by molar-refractivity contribution is 14.1. The van der Waals surface area contributed by atoms with Crippen molar-refractivity contribution in [3.05, 3.63) is 73.4 Å². The molecule has 0 bridgehead atoms. The zero-order valence-electron chi connectivity index (χ0n) is 16.0. The maximum Gasteiger partial charge on any atom is 0.240 e. The van der Waals surface area contributed by atoms with Gasteiger partial charge in [-0.15, -0.1) is 0 Å². The Bertz CT molecular complexity index is 1130. The molecule has 0 spiro atoms. The minimum absolute atomic E-state index is 0.00515. The van der Waals surface area contributed by atoms with Crippen LogP contribution in [0.25, 0.3) is 0 Å². The summed E-state index contributed by atoms with van der Waals surface area (Å²) in [6.07, 6.45) is 0.277. The highest BCUT2D eigenvalue weighted by Crippen LogP contribution is 2.33. The fourth-order valence-corrected chi connectivity index (χ4v) is 6.14. The van der Waals surface area contributed by atoms with Crippen molar-refractivity contribution in [2.45, 2.75) is 17.4 Å². The Morgan fingerprint density at radius 3 is 1.94 bits per heavy atom. The van der Waals surface area contributed by atoms with Crippen LogP contribution in [-0.2, 0) is 16.4 Å². The maximum absolute atomic E-state index is 12.6. The van der Waals surface area contributed by atoms with Crippen LogP contribution in [0.5, 0.6) is 23.0 Å². The molecule has 4 N–H and O–H groups in total. The van der Waals surface area contributed by atoms with Gasteiger partial charge in [0.1, 0.15) is 17.2 Å². The van der Waals surface area contributed by atoms with Crippen molar-refractivity contribution in [2.75, 3.05) is 6.61 Å². The van der Waals surface area contributed by atoms with Crippen molar-refractivity contribution in [1.82, 2.24) is 4.72 Å². The number of ether oxygens (including phenoxy) is 1. The second kappa shape index (κ2) is 10.3. The van der Waals surface area contributed by atoms with Gasteiger partial charge >= 0.3 is 0 Å². The van der Waals surface area contributed by atoms with Crippen molar-refractivity contribution in [3.8, 4) is 23.0 Å². The fraction of sp³-hybridized carbons (Fsp3) is 0.143. The van der Waals surface area contributed by atoms with Gasteiger partial charge in [0.2, 0.25) is 10.0 Å². The van der Waals surface area contributed by atoms with Crippen LogP contribution >= 0.6 is 45.2 Å². The molecule has 3 aromatic carbocycles. The van der Waals surface area contributed by atoms with Gasteiger partial charge in [0, 0.05) is 6.04 Å². The highest BCUT2D eigenvalue weighted by atomic mass is 127. The number of hydrogen-bond acceptors (Lipinski definition) is 6. The molecule has 0 aliphatic heterocycles. The normalized spacial score (nSPS) is 12.5. The quantitative estimate of drug-likeness (QED) is 0.271. The molecular formula is C21H19I2NO6S. The molecule has 31 heavy (non-hydrogen) atoms. The van der Waals surface area contributed by atoms with E-state index >= 15 is 0 Å². The zero-order valence-corrected chi connectivity index (χ0v) is 21.1. The molecule has 3 aromatic rings. The number of aliphatic hydroxyl groups excluding tert-OH is 1. The Hall–Kier alpha value is -1.61. The lowest BCUT2D eigenvalue weighted by atomic mass is 10.1. The molecule has 10 heteroatoms. The minimum Gasteiger partial charge on any atom is -0.508 e. The Morgan fingerprint density at radius 1 is 0.903 bits per heavy atom. The van der Waals surface area contributed by atoms with Crippen LogP contribution in [0.4, 0.5) is 0 Å². The summed E-state index contributed by atoms with van der Waals surface area (Å²) in [5.74, 6) is 1.35. The zero-order chi connectivity index (χ0) is 22.6. The maximum atomic E-state index is 12.6. The number of benzene rings is 3. The molecule has 164 valence electrons. The summed E-state index contributed by atoms with van der Waals surface area (Å²) in [5, 5.41) is 28.5. The van der Waals surface area contributed by atoms with Crippen molar-refractivity contribution in [1.29, 1.82) is 0 Å². The van der Waals surface area contributed by atoms with E-state index < -0.39 is 16.1 Å². The first-order valence-electron chi connectivity index (χ1n) is 9.05. The Balaban J connectivity index is 1.76. The Morgan fingerprint density at radius 2 is 1.42 bits per heavy atom. The predicted molar refractivity (Wildman–Crippen MR) is 133 cm³/mol. The van der Waals surface area contributed by atoms with Crippen LogP contribution in [0.1, 0.15) is 5.56 Å². The minimum atomic E-state index is -3.85. The van der Waals surface area contributed by atoms with Crippen molar-refractivity contribution in [2.24, 2.45) is 0 Å². The Labute approximate surface area is 207 Å². The molecule has 0 heterocycles. The van der Waals surface area contributed by atoms with Gasteiger partial charge in [-0.25, -0.2) is 13.1 Å². The number of phenols is 2. The molecule has 0 amide bonds. The molecule has 0 saturated heterocycles. The summed E-state index contributed by atoms with van der Waals surface area (Å²) in [6.45, 7) is -0.379. The molecule has 0 radical (unpaired) electrons. The topological polar surface area (TPSA) is 116 Å². The largest absolute Gasteiger partial charge is 0.508 e. The summed E-state index contributed by atoms with van der Waals surface area (Å²) in [6, 6.07) is 14.6. The second-order valence-corrected chi connectivity index (χ2v) is 10.7. The third-order valence-electron chi connectivity index (χ3n) is 4.29. The number of halogens is 2. The lowest BCUT2D eigenvalue weighted by Gasteiger charge is -2.18. The number of sulfonamides is 1. The predicted octanol–water partition coefficient (Wildman–Crippen LogP) is 3.98. The first-order valence-corrected chi connectivity index (χ1v) is 12.7. The molecule has 0 unspecified atom stereocenters. The molecule has 1 atom stereocenters. The number of aromatic hydroxyl groups is 2. The van der Waals surface area contributed by atoms with E-state index in [1.807, 2.05) is 12.1 Å². The molecule has 0 saturated carbocycles. The van der Waals surface area contributed by atoms with Crippen LogP contribution in [0, 0.1) is 7.14 Å². The van der Waals surface area contributed by atoms with E-state index in [-0.39, 0.29) is 29.4 Å². The summed E-state index contributed by atoms with van der Waals surface area (Å²) >= 11 is 4.28. The highest BCUT2D eigenvalue weighted by Gasteiger charge is 2.21. The van der Waals surface area contributed by atoms with E-state index in [9.17, 15) is 23.7 Å². The SMILES string of the molecule is O=S(=O)(N[C@H](CO)Cc1cc(I)c(Oc2ccc(O)cc2)c(I)c1)c1ccc(O)cc1. The first-order chi connectivity index (χ1) is 14.7. The van der Waals surface area contributed by atoms with Gasteiger partial charge < -0.3 is 20.1 Å². The van der Waals surface area contributed by atoms with Gasteiger partial charge in [-0.3, -0.25) is 0 Å². The van der Waals surface area contributed by atoms with Crippen molar-refractivity contribution in [3.63, 3.8) is 0 Å². The van der Waals surface area contributed by atoms with E-state index in [0.29, 0.717) is 11.5 Å². The third-order valence-corrected chi connectivity index (χ3v) is 7.43. The molecule has 0 aliphatic carbocycles. The van der Waals surface area contributed by atoms with Crippen LogP contribution in [0.3, 0.4) is 0 Å². The smallest absolute Gasteiger partial charge is 0.240 e. The Kier molecular flexibility index (Phi) is 8.02. The summed E-state index contributed by atoms with van der Waals surface area (Å²) in [5.41, 5.74) is 0.833. The van der Waals surface area contributed by atoms with E-state index in [4.69, 9.17) is 4.74 Å². The number of nitrogens with one attached hydrogen (secondary N) is 1. The monoisotopic (exact) mass is 667 g/mol. The van der Waals surface area contributed by atoms with Crippen molar-refractivity contribution >= 4 is 55.2 Å². The summed E-state index contributed by atoms with van der Waals surface area (Å²) in [4.78, 5) is 0.00515. The van der Waals surface area contributed by atoms with E-state index in [1.54, 1.807) is 12.1 Å². The molecular weight excluding hydrogens is 648 g/mol. The first kappa shape index (κ1) is 24.0. The molecule has 3 rings (SSSR count). The van der Waals surface area contributed by atoms with Crippen LogP contribution in [0.15, 0.2) is 65.6 Å². The van der Waals surface area contributed by atoms with E-state index in [0.717, 1.165) is 12.7 Å². The number of hydrogen-bond donors (Lipinski definition) is 4. The van der Waals surface area contributed by atoms with E-state index in [1.165, 1.54) is 36.4 Å². The van der Waals surface area contributed by atoms with Gasteiger partial charge in [0.05, 0.1) is 18.6 Å². The molecule has 0 aromatic heterocycles. The third kappa shape index (κ3) is 6.44. The van der Waals surface area contributed by atoms with Gasteiger partial charge in [-0.2, -0.15) is 0 Å². The van der Waals surface area contributed by atoms with Crippen LogP contribution in [-0.4, -0.2) is 36.4 Å². The summed E-state index contributed by atoms with van der Waals surface area (Å²) in [7, 11) is -3.85.